The highest BCUT2D eigenvalue weighted by Crippen LogP contribution is 2.34. The van der Waals surface area contributed by atoms with E-state index >= 15 is 0 Å². The molecule has 0 aliphatic carbocycles. The molecule has 142 valence electrons. The zero-order valence-electron chi connectivity index (χ0n) is 15.5. The molecule has 0 bridgehead atoms. The van der Waals surface area contributed by atoms with Crippen LogP contribution in [0.3, 0.4) is 0 Å². The number of hydrazine groups is 1. The Kier molecular flexibility index (Phi) is 6.27. The van der Waals surface area contributed by atoms with Crippen LogP contribution in [0.25, 0.3) is 0 Å². The topological polar surface area (TPSA) is 70.7 Å². The number of carbonyl (C=O) groups excluding carboxylic acids is 2. The van der Waals surface area contributed by atoms with Crippen molar-refractivity contribution in [3.63, 3.8) is 0 Å². The maximum absolute atomic E-state index is 13.2. The first kappa shape index (κ1) is 18.9. The summed E-state index contributed by atoms with van der Waals surface area (Å²) in [4.78, 5) is 25.1. The lowest BCUT2D eigenvalue weighted by molar-refractivity contribution is -0.150. The molecule has 6 heteroatoms. The molecular formula is C20H29N3O3. The van der Waals surface area contributed by atoms with Crippen molar-refractivity contribution in [2.75, 3.05) is 32.8 Å². The fraction of sp³-hybridized carbons (Fsp3) is 0.600. The lowest BCUT2D eigenvalue weighted by Gasteiger charge is -2.39. The van der Waals surface area contributed by atoms with Crippen LogP contribution in [0.4, 0.5) is 0 Å². The molecule has 6 nitrogen and oxygen atoms in total. The number of amides is 1. The third kappa shape index (κ3) is 4.07. The summed E-state index contributed by atoms with van der Waals surface area (Å²) in [5.74, 6) is -0.0950. The molecule has 0 spiro atoms. The van der Waals surface area contributed by atoms with E-state index in [1.807, 2.05) is 30.1 Å². The van der Waals surface area contributed by atoms with Gasteiger partial charge in [-0.05, 0) is 51.3 Å². The number of esters is 1. The van der Waals surface area contributed by atoms with Gasteiger partial charge in [-0.3, -0.25) is 15.0 Å². The van der Waals surface area contributed by atoms with Gasteiger partial charge in [0.1, 0.15) is 0 Å². The van der Waals surface area contributed by atoms with Crippen molar-refractivity contribution in [2.24, 2.45) is 5.92 Å². The van der Waals surface area contributed by atoms with Crippen LogP contribution < -0.4 is 10.7 Å². The van der Waals surface area contributed by atoms with Gasteiger partial charge in [0.15, 0.2) is 0 Å². The highest BCUT2D eigenvalue weighted by Gasteiger charge is 2.42. The summed E-state index contributed by atoms with van der Waals surface area (Å²) in [7, 11) is 0. The van der Waals surface area contributed by atoms with Gasteiger partial charge in [0.2, 0.25) is 5.91 Å². The van der Waals surface area contributed by atoms with E-state index < -0.39 is 5.41 Å². The summed E-state index contributed by atoms with van der Waals surface area (Å²) in [6, 6.07) is 10.1. The number of hydrogen-bond acceptors (Lipinski definition) is 5. The van der Waals surface area contributed by atoms with Crippen LogP contribution >= 0.6 is 0 Å². The molecule has 2 fully saturated rings. The Morgan fingerprint density at radius 2 is 1.85 bits per heavy atom. The highest BCUT2D eigenvalue weighted by atomic mass is 16.5. The van der Waals surface area contributed by atoms with Crippen LogP contribution in [0.5, 0.6) is 0 Å². The molecule has 0 unspecified atom stereocenters. The summed E-state index contributed by atoms with van der Waals surface area (Å²) < 4.78 is 5.11. The van der Waals surface area contributed by atoms with E-state index in [2.05, 4.69) is 22.9 Å². The minimum atomic E-state index is -0.482. The van der Waals surface area contributed by atoms with Crippen molar-refractivity contribution in [1.82, 2.24) is 15.8 Å². The molecule has 1 amide bonds. The maximum Gasteiger partial charge on any atom is 0.309 e. The normalized spacial score (nSPS) is 21.1. The second-order valence-corrected chi connectivity index (χ2v) is 7.15. The molecule has 2 N–H and O–H groups in total. The van der Waals surface area contributed by atoms with E-state index in [0.29, 0.717) is 19.7 Å². The van der Waals surface area contributed by atoms with Crippen molar-refractivity contribution >= 4 is 11.9 Å². The van der Waals surface area contributed by atoms with Crippen LogP contribution in [0.2, 0.25) is 0 Å². The maximum atomic E-state index is 13.2. The molecule has 26 heavy (non-hydrogen) atoms. The molecule has 2 heterocycles. The van der Waals surface area contributed by atoms with Crippen LogP contribution in [0, 0.1) is 5.92 Å². The van der Waals surface area contributed by atoms with Gasteiger partial charge in [0, 0.05) is 13.1 Å². The number of carbonyl (C=O) groups is 2. The molecule has 2 aliphatic rings. The highest BCUT2D eigenvalue weighted by molar-refractivity contribution is 5.88. The van der Waals surface area contributed by atoms with E-state index in [1.165, 1.54) is 0 Å². The molecular weight excluding hydrogens is 330 g/mol. The van der Waals surface area contributed by atoms with Gasteiger partial charge in [0.05, 0.1) is 17.9 Å². The SMILES string of the molecule is CCOC(=O)C1CCN(NC(=O)C2(c3ccccc3)CCNCC2)CC1. The number of nitrogens with zero attached hydrogens (tertiary/aromatic N) is 1. The molecule has 2 saturated heterocycles. The predicted molar refractivity (Wildman–Crippen MR) is 99.3 cm³/mol. The Labute approximate surface area is 155 Å². The van der Waals surface area contributed by atoms with E-state index in [4.69, 9.17) is 4.74 Å². The molecule has 0 radical (unpaired) electrons. The second-order valence-electron chi connectivity index (χ2n) is 7.15. The van der Waals surface area contributed by atoms with Gasteiger partial charge in [0.25, 0.3) is 0 Å². The van der Waals surface area contributed by atoms with Crippen molar-refractivity contribution in [3.8, 4) is 0 Å². The summed E-state index contributed by atoms with van der Waals surface area (Å²) in [5, 5.41) is 5.32. The quantitative estimate of drug-likeness (QED) is 0.782. The van der Waals surface area contributed by atoms with Crippen LogP contribution in [-0.2, 0) is 19.7 Å². The zero-order chi connectivity index (χ0) is 18.4. The van der Waals surface area contributed by atoms with E-state index in [0.717, 1.165) is 44.3 Å². The third-order valence-corrected chi connectivity index (χ3v) is 5.59. The van der Waals surface area contributed by atoms with Crippen molar-refractivity contribution in [2.45, 2.75) is 38.0 Å². The second kappa shape index (κ2) is 8.64. The zero-order valence-corrected chi connectivity index (χ0v) is 15.5. The summed E-state index contributed by atoms with van der Waals surface area (Å²) in [5.41, 5.74) is 3.74. The van der Waals surface area contributed by atoms with E-state index in [-0.39, 0.29) is 17.8 Å². The lowest BCUT2D eigenvalue weighted by Crippen LogP contribution is -2.56. The van der Waals surface area contributed by atoms with Gasteiger partial charge in [-0.1, -0.05) is 30.3 Å². The van der Waals surface area contributed by atoms with Gasteiger partial charge in [-0.15, -0.1) is 0 Å². The number of hydrogen-bond donors (Lipinski definition) is 2. The number of benzene rings is 1. The Morgan fingerprint density at radius 3 is 2.46 bits per heavy atom. The average Bonchev–Trinajstić information content (AvgIpc) is 2.70. The summed E-state index contributed by atoms with van der Waals surface area (Å²) in [6.45, 7) is 5.29. The first-order valence-corrected chi connectivity index (χ1v) is 9.64. The smallest absolute Gasteiger partial charge is 0.309 e. The summed E-state index contributed by atoms with van der Waals surface area (Å²) in [6.07, 6.45) is 3.03. The first-order chi connectivity index (χ1) is 12.7. The lowest BCUT2D eigenvalue weighted by atomic mass is 9.72. The van der Waals surface area contributed by atoms with Gasteiger partial charge in [-0.2, -0.15) is 0 Å². The predicted octanol–water partition coefficient (Wildman–Crippen LogP) is 1.61. The number of rotatable bonds is 5. The fourth-order valence-electron chi connectivity index (χ4n) is 4.00. The van der Waals surface area contributed by atoms with Gasteiger partial charge >= 0.3 is 5.97 Å². The van der Waals surface area contributed by atoms with Crippen LogP contribution in [0.1, 0.15) is 38.2 Å². The molecule has 0 atom stereocenters. The Morgan fingerprint density at radius 1 is 1.19 bits per heavy atom. The van der Waals surface area contributed by atoms with Gasteiger partial charge < -0.3 is 10.1 Å². The minimum Gasteiger partial charge on any atom is -0.466 e. The van der Waals surface area contributed by atoms with E-state index in [1.54, 1.807) is 0 Å². The van der Waals surface area contributed by atoms with Crippen LogP contribution in [0.15, 0.2) is 30.3 Å². The Balaban J connectivity index is 1.63. The Hall–Kier alpha value is -1.92. The van der Waals surface area contributed by atoms with Crippen molar-refractivity contribution < 1.29 is 14.3 Å². The molecule has 2 aliphatic heterocycles. The number of nitrogens with one attached hydrogen (secondary N) is 2. The monoisotopic (exact) mass is 359 g/mol. The largest absolute Gasteiger partial charge is 0.466 e. The molecule has 0 aromatic heterocycles. The minimum absolute atomic E-state index is 0.0509. The number of piperidine rings is 2. The molecule has 1 aromatic rings. The van der Waals surface area contributed by atoms with Crippen molar-refractivity contribution in [3.05, 3.63) is 35.9 Å². The van der Waals surface area contributed by atoms with Crippen LogP contribution in [-0.4, -0.2) is 49.7 Å². The molecule has 1 aromatic carbocycles. The first-order valence-electron chi connectivity index (χ1n) is 9.64. The third-order valence-electron chi connectivity index (χ3n) is 5.59. The van der Waals surface area contributed by atoms with E-state index in [9.17, 15) is 9.59 Å². The standard InChI is InChI=1S/C20H29N3O3/c1-2-26-18(24)16-8-14-23(15-9-16)22-19(25)20(10-12-21-13-11-20)17-6-4-3-5-7-17/h3-7,16,21H,2,8-15H2,1H3,(H,22,25). The van der Waals surface area contributed by atoms with Gasteiger partial charge in [-0.25, -0.2) is 5.01 Å². The number of ether oxygens (including phenoxy) is 1. The summed E-state index contributed by atoms with van der Waals surface area (Å²) >= 11 is 0. The fourth-order valence-corrected chi connectivity index (χ4v) is 4.00. The molecule has 3 rings (SSSR count). The molecule has 0 saturated carbocycles. The Bertz CT molecular complexity index is 606. The average molecular weight is 359 g/mol. The van der Waals surface area contributed by atoms with Crippen molar-refractivity contribution in [1.29, 1.82) is 0 Å².